The Labute approximate surface area is 86.4 Å². The van der Waals surface area contributed by atoms with E-state index in [1.807, 2.05) is 32.6 Å². The standard InChI is InChI=1S/C11H21NO2/c1-6-9(2)7-12(8-10(13)14)11(3,4)5/h2,6-8H2,1,3-5H3,(H,13,14). The van der Waals surface area contributed by atoms with E-state index in [1.165, 1.54) is 0 Å². The molecule has 0 spiro atoms. The summed E-state index contributed by atoms with van der Waals surface area (Å²) >= 11 is 0. The summed E-state index contributed by atoms with van der Waals surface area (Å²) in [5, 5.41) is 8.76. The van der Waals surface area contributed by atoms with Crippen molar-refractivity contribution in [2.45, 2.75) is 39.7 Å². The number of hydrogen-bond donors (Lipinski definition) is 1. The van der Waals surface area contributed by atoms with Crippen molar-refractivity contribution >= 4 is 5.97 Å². The largest absolute Gasteiger partial charge is 0.480 e. The zero-order chi connectivity index (χ0) is 11.4. The van der Waals surface area contributed by atoms with Gasteiger partial charge in [-0.25, -0.2) is 0 Å². The number of rotatable bonds is 5. The van der Waals surface area contributed by atoms with Gasteiger partial charge in [0.15, 0.2) is 0 Å². The van der Waals surface area contributed by atoms with E-state index in [2.05, 4.69) is 6.58 Å². The first kappa shape index (κ1) is 13.2. The monoisotopic (exact) mass is 199 g/mol. The van der Waals surface area contributed by atoms with Gasteiger partial charge in [0.1, 0.15) is 0 Å². The Balaban J connectivity index is 4.41. The highest BCUT2D eigenvalue weighted by Crippen LogP contribution is 2.15. The molecule has 0 atom stereocenters. The van der Waals surface area contributed by atoms with Crippen LogP contribution in [-0.4, -0.2) is 34.6 Å². The molecule has 3 nitrogen and oxygen atoms in total. The average Bonchev–Trinajstić information content (AvgIpc) is 2.00. The summed E-state index contributed by atoms with van der Waals surface area (Å²) in [4.78, 5) is 12.6. The third-order valence-electron chi connectivity index (χ3n) is 2.19. The highest BCUT2D eigenvalue weighted by atomic mass is 16.4. The van der Waals surface area contributed by atoms with Gasteiger partial charge in [-0.2, -0.15) is 0 Å². The van der Waals surface area contributed by atoms with Crippen LogP contribution < -0.4 is 0 Å². The predicted molar refractivity (Wildman–Crippen MR) is 58.4 cm³/mol. The Bertz CT molecular complexity index is 216. The maximum Gasteiger partial charge on any atom is 0.317 e. The quantitative estimate of drug-likeness (QED) is 0.690. The van der Waals surface area contributed by atoms with Crippen LogP contribution >= 0.6 is 0 Å². The minimum absolute atomic E-state index is 0.0719. The molecule has 1 N–H and O–H groups in total. The third-order valence-corrected chi connectivity index (χ3v) is 2.19. The smallest absolute Gasteiger partial charge is 0.317 e. The summed E-state index contributed by atoms with van der Waals surface area (Å²) in [6.45, 7) is 12.7. The second-order valence-corrected chi connectivity index (χ2v) is 4.52. The Morgan fingerprint density at radius 2 is 1.86 bits per heavy atom. The van der Waals surface area contributed by atoms with Gasteiger partial charge < -0.3 is 5.11 Å². The van der Waals surface area contributed by atoms with Crippen molar-refractivity contribution in [1.82, 2.24) is 4.90 Å². The van der Waals surface area contributed by atoms with Gasteiger partial charge in [0.2, 0.25) is 0 Å². The van der Waals surface area contributed by atoms with E-state index in [9.17, 15) is 4.79 Å². The number of carboxylic acids is 1. The lowest BCUT2D eigenvalue weighted by molar-refractivity contribution is -0.139. The van der Waals surface area contributed by atoms with Gasteiger partial charge in [0, 0.05) is 12.1 Å². The van der Waals surface area contributed by atoms with Crippen LogP contribution in [0.1, 0.15) is 34.1 Å². The van der Waals surface area contributed by atoms with Crippen LogP contribution in [0.5, 0.6) is 0 Å². The zero-order valence-electron chi connectivity index (χ0n) is 9.63. The molecule has 0 amide bonds. The first-order chi connectivity index (χ1) is 6.27. The molecular weight excluding hydrogens is 178 g/mol. The third kappa shape index (κ3) is 5.02. The van der Waals surface area contributed by atoms with Gasteiger partial charge in [0.25, 0.3) is 0 Å². The lowest BCUT2D eigenvalue weighted by atomic mass is 10.0. The second kappa shape index (κ2) is 5.15. The van der Waals surface area contributed by atoms with E-state index in [4.69, 9.17) is 5.11 Å². The molecule has 0 saturated carbocycles. The molecule has 0 aliphatic carbocycles. The molecule has 0 fully saturated rings. The molecule has 14 heavy (non-hydrogen) atoms. The van der Waals surface area contributed by atoms with E-state index in [1.54, 1.807) is 0 Å². The predicted octanol–water partition coefficient (Wildman–Crippen LogP) is 2.14. The molecule has 0 rings (SSSR count). The lowest BCUT2D eigenvalue weighted by Crippen LogP contribution is -2.45. The summed E-state index contributed by atoms with van der Waals surface area (Å²) in [6, 6.07) is 0. The number of aliphatic carboxylic acids is 1. The fourth-order valence-electron chi connectivity index (χ4n) is 1.08. The fourth-order valence-corrected chi connectivity index (χ4v) is 1.08. The van der Waals surface area contributed by atoms with Gasteiger partial charge in [-0.3, -0.25) is 9.69 Å². The lowest BCUT2D eigenvalue weighted by Gasteiger charge is -2.34. The van der Waals surface area contributed by atoms with Crippen LogP contribution in [0.4, 0.5) is 0 Å². The number of hydrogen-bond acceptors (Lipinski definition) is 2. The van der Waals surface area contributed by atoms with Gasteiger partial charge >= 0.3 is 5.97 Å². The van der Waals surface area contributed by atoms with Crippen molar-refractivity contribution in [3.8, 4) is 0 Å². The summed E-state index contributed by atoms with van der Waals surface area (Å²) < 4.78 is 0. The first-order valence-corrected chi connectivity index (χ1v) is 4.91. The highest BCUT2D eigenvalue weighted by Gasteiger charge is 2.23. The molecule has 82 valence electrons. The van der Waals surface area contributed by atoms with Crippen molar-refractivity contribution in [3.63, 3.8) is 0 Å². The molecule has 0 radical (unpaired) electrons. The van der Waals surface area contributed by atoms with Crippen molar-refractivity contribution in [2.24, 2.45) is 0 Å². The van der Waals surface area contributed by atoms with E-state index in [-0.39, 0.29) is 12.1 Å². The average molecular weight is 199 g/mol. The van der Waals surface area contributed by atoms with E-state index in [0.29, 0.717) is 6.54 Å². The SMILES string of the molecule is C=C(CC)CN(CC(=O)O)C(C)(C)C. The van der Waals surface area contributed by atoms with Crippen molar-refractivity contribution in [3.05, 3.63) is 12.2 Å². The maximum atomic E-state index is 10.7. The Kier molecular flexibility index (Phi) is 4.85. The molecule has 0 bridgehead atoms. The molecule has 0 saturated heterocycles. The van der Waals surface area contributed by atoms with Gasteiger partial charge in [-0.15, -0.1) is 0 Å². The summed E-state index contributed by atoms with van der Waals surface area (Å²) in [7, 11) is 0. The second-order valence-electron chi connectivity index (χ2n) is 4.52. The topological polar surface area (TPSA) is 40.5 Å². The van der Waals surface area contributed by atoms with E-state index >= 15 is 0 Å². The summed E-state index contributed by atoms with van der Waals surface area (Å²) in [6.07, 6.45) is 0.895. The molecule has 3 heteroatoms. The molecule has 0 aromatic carbocycles. The molecule has 0 aromatic rings. The highest BCUT2D eigenvalue weighted by molar-refractivity contribution is 5.69. The van der Waals surface area contributed by atoms with Crippen LogP contribution in [0.25, 0.3) is 0 Å². The zero-order valence-corrected chi connectivity index (χ0v) is 9.63. The Morgan fingerprint density at radius 3 is 2.14 bits per heavy atom. The fraction of sp³-hybridized carbons (Fsp3) is 0.727. The normalized spacial score (nSPS) is 11.8. The number of nitrogens with zero attached hydrogens (tertiary/aromatic N) is 1. The Morgan fingerprint density at radius 1 is 1.36 bits per heavy atom. The van der Waals surface area contributed by atoms with Crippen LogP contribution in [0.2, 0.25) is 0 Å². The maximum absolute atomic E-state index is 10.7. The van der Waals surface area contributed by atoms with Crippen molar-refractivity contribution in [1.29, 1.82) is 0 Å². The molecule has 0 aliphatic rings. The molecular formula is C11H21NO2. The Hall–Kier alpha value is -0.830. The number of carboxylic acid groups (broad SMARTS) is 1. The van der Waals surface area contributed by atoms with Crippen molar-refractivity contribution < 1.29 is 9.90 Å². The van der Waals surface area contributed by atoms with Crippen LogP contribution in [0, 0.1) is 0 Å². The minimum Gasteiger partial charge on any atom is -0.480 e. The number of carbonyl (C=O) groups is 1. The van der Waals surface area contributed by atoms with Crippen LogP contribution in [-0.2, 0) is 4.79 Å². The van der Waals surface area contributed by atoms with Gasteiger partial charge in [-0.1, -0.05) is 19.1 Å². The van der Waals surface area contributed by atoms with Gasteiger partial charge in [-0.05, 0) is 27.2 Å². The van der Waals surface area contributed by atoms with Crippen LogP contribution in [0.3, 0.4) is 0 Å². The molecule has 0 aliphatic heterocycles. The molecule has 0 aromatic heterocycles. The van der Waals surface area contributed by atoms with E-state index < -0.39 is 5.97 Å². The van der Waals surface area contributed by atoms with Crippen LogP contribution in [0.15, 0.2) is 12.2 Å². The summed E-state index contributed by atoms with van der Waals surface area (Å²) in [5.74, 6) is -0.788. The minimum atomic E-state index is -0.788. The summed E-state index contributed by atoms with van der Waals surface area (Å²) in [5.41, 5.74) is 0.942. The van der Waals surface area contributed by atoms with E-state index in [0.717, 1.165) is 12.0 Å². The molecule has 0 unspecified atom stereocenters. The molecule has 0 heterocycles. The van der Waals surface area contributed by atoms with Gasteiger partial charge in [0.05, 0.1) is 6.54 Å². The van der Waals surface area contributed by atoms with Crippen molar-refractivity contribution in [2.75, 3.05) is 13.1 Å². The first-order valence-electron chi connectivity index (χ1n) is 4.91.